The van der Waals surface area contributed by atoms with E-state index in [1.54, 1.807) is 0 Å². The number of carbonyl (C=O) groups is 1. The van der Waals surface area contributed by atoms with Crippen molar-refractivity contribution in [2.24, 2.45) is 11.0 Å². The van der Waals surface area contributed by atoms with E-state index in [0.29, 0.717) is 12.4 Å². The summed E-state index contributed by atoms with van der Waals surface area (Å²) >= 11 is 3.53. The molecule has 0 saturated carbocycles. The average molecular weight is 399 g/mol. The number of hydrogen-bond acceptors (Lipinski definition) is 6. The van der Waals surface area contributed by atoms with Crippen LogP contribution in [-0.4, -0.2) is 54.0 Å². The molecular weight excluding hydrogens is 372 g/mol. The fraction of sp³-hybridized carbons (Fsp3) is 0.647. The number of allylic oxidation sites excluding steroid dienone is 2. The smallest absolute Gasteiger partial charge is 0.293 e. The van der Waals surface area contributed by atoms with Crippen LogP contribution < -0.4 is 5.43 Å². The Morgan fingerprint density at radius 3 is 2.58 bits per heavy atom. The summed E-state index contributed by atoms with van der Waals surface area (Å²) in [6.45, 7) is 8.26. The van der Waals surface area contributed by atoms with Gasteiger partial charge >= 0.3 is 0 Å². The van der Waals surface area contributed by atoms with E-state index >= 15 is 0 Å². The van der Waals surface area contributed by atoms with Gasteiger partial charge in [-0.15, -0.1) is 0 Å². The van der Waals surface area contributed by atoms with Crippen LogP contribution in [0.5, 0.6) is 0 Å². The molecule has 1 saturated heterocycles. The van der Waals surface area contributed by atoms with Gasteiger partial charge in [0.1, 0.15) is 17.6 Å². The van der Waals surface area contributed by atoms with Gasteiger partial charge in [-0.25, -0.2) is 0 Å². The van der Waals surface area contributed by atoms with Gasteiger partial charge in [-0.1, -0.05) is 0 Å². The van der Waals surface area contributed by atoms with E-state index in [1.807, 2.05) is 20.8 Å². The molecule has 6 nitrogen and oxygen atoms in total. The minimum absolute atomic E-state index is 0.214. The molecule has 1 atom stereocenters. The maximum Gasteiger partial charge on any atom is 0.293 e. The van der Waals surface area contributed by atoms with Gasteiger partial charge in [0, 0.05) is 16.6 Å². The van der Waals surface area contributed by atoms with Crippen LogP contribution in [0.3, 0.4) is 0 Å². The number of halogens is 1. The summed E-state index contributed by atoms with van der Waals surface area (Å²) in [4.78, 5) is 14.2. The standard InChI is InChI=1S/C12H17BrN4.C5H10O2/c1-16-6-4-9(5-7-16)12-15-14-11-3-2-10(13)8-17(11)12;1-5(2,3)7-4-6/h2-3,8-9,11,14H,4-7H2,1H3;4H,1-3H3. The third-order valence-corrected chi connectivity index (χ3v) is 4.53. The van der Waals surface area contributed by atoms with Gasteiger partial charge in [-0.05, 0) is 81.8 Å². The first-order valence-corrected chi connectivity index (χ1v) is 9.06. The van der Waals surface area contributed by atoms with Crippen molar-refractivity contribution < 1.29 is 9.53 Å². The summed E-state index contributed by atoms with van der Waals surface area (Å²) in [6.07, 6.45) is 8.95. The minimum Gasteiger partial charge on any atom is -0.462 e. The Bertz CT molecular complexity index is 531. The highest BCUT2D eigenvalue weighted by Crippen LogP contribution is 2.27. The second kappa shape index (κ2) is 8.16. The molecule has 0 bridgehead atoms. The highest BCUT2D eigenvalue weighted by molar-refractivity contribution is 9.11. The zero-order valence-electron chi connectivity index (χ0n) is 14.8. The lowest BCUT2D eigenvalue weighted by molar-refractivity contribution is -0.138. The van der Waals surface area contributed by atoms with Gasteiger partial charge in [-0.3, -0.25) is 10.2 Å². The van der Waals surface area contributed by atoms with Crippen LogP contribution in [0.1, 0.15) is 33.6 Å². The van der Waals surface area contributed by atoms with Crippen LogP contribution >= 0.6 is 15.9 Å². The van der Waals surface area contributed by atoms with Gasteiger partial charge in [0.2, 0.25) is 0 Å². The number of likely N-dealkylation sites (tertiary alicyclic amines) is 1. The van der Waals surface area contributed by atoms with Crippen molar-refractivity contribution in [1.29, 1.82) is 0 Å². The van der Waals surface area contributed by atoms with Crippen molar-refractivity contribution >= 4 is 28.2 Å². The lowest BCUT2D eigenvalue weighted by Gasteiger charge is -2.33. The largest absolute Gasteiger partial charge is 0.462 e. The van der Waals surface area contributed by atoms with Crippen molar-refractivity contribution in [3.63, 3.8) is 0 Å². The van der Waals surface area contributed by atoms with Crippen LogP contribution in [0.4, 0.5) is 0 Å². The molecular formula is C17H27BrN4O2. The minimum atomic E-state index is -0.318. The molecule has 0 aromatic carbocycles. The van der Waals surface area contributed by atoms with Gasteiger partial charge in [0.15, 0.2) is 0 Å². The molecule has 3 heterocycles. The number of amidine groups is 1. The third kappa shape index (κ3) is 5.34. The molecule has 0 spiro atoms. The summed E-state index contributed by atoms with van der Waals surface area (Å²) < 4.78 is 5.66. The maximum atomic E-state index is 9.60. The number of ether oxygens (including phenoxy) is 1. The molecule has 134 valence electrons. The number of hydrazone groups is 1. The highest BCUT2D eigenvalue weighted by Gasteiger charge is 2.33. The predicted octanol–water partition coefficient (Wildman–Crippen LogP) is 2.64. The Kier molecular flexibility index (Phi) is 6.46. The molecule has 3 aliphatic heterocycles. The quantitative estimate of drug-likeness (QED) is 0.724. The SMILES string of the molecule is CC(C)(C)OC=O.CN1CCC(C2=NNC3C=CC(Br)=CN23)CC1. The van der Waals surface area contributed by atoms with Gasteiger partial charge in [0.25, 0.3) is 6.47 Å². The molecule has 0 aliphatic carbocycles. The summed E-state index contributed by atoms with van der Waals surface area (Å²) in [5.74, 6) is 1.79. The Balaban J connectivity index is 0.000000256. The maximum absolute atomic E-state index is 9.60. The molecule has 1 unspecified atom stereocenters. The molecule has 0 aromatic rings. The fourth-order valence-electron chi connectivity index (χ4n) is 2.75. The normalized spacial score (nSPS) is 24.2. The van der Waals surface area contributed by atoms with Crippen LogP contribution in [-0.2, 0) is 9.53 Å². The topological polar surface area (TPSA) is 57.2 Å². The number of nitrogens with zero attached hydrogens (tertiary/aromatic N) is 3. The van der Waals surface area contributed by atoms with Crippen molar-refractivity contribution in [1.82, 2.24) is 15.2 Å². The van der Waals surface area contributed by atoms with Crippen molar-refractivity contribution in [3.05, 3.63) is 22.8 Å². The van der Waals surface area contributed by atoms with Crippen LogP contribution in [0.15, 0.2) is 27.9 Å². The summed E-state index contributed by atoms with van der Waals surface area (Å²) in [6, 6.07) is 0. The zero-order valence-corrected chi connectivity index (χ0v) is 16.4. The van der Waals surface area contributed by atoms with E-state index in [4.69, 9.17) is 0 Å². The molecule has 3 aliphatic rings. The van der Waals surface area contributed by atoms with E-state index in [-0.39, 0.29) is 11.8 Å². The highest BCUT2D eigenvalue weighted by atomic mass is 79.9. The number of carbonyl (C=O) groups excluding carboxylic acids is 1. The first-order chi connectivity index (χ1) is 11.3. The fourth-order valence-corrected chi connectivity index (χ4v) is 3.12. The van der Waals surface area contributed by atoms with Crippen LogP contribution in [0.25, 0.3) is 0 Å². The number of hydrogen-bond donors (Lipinski definition) is 1. The Hall–Kier alpha value is -1.34. The second-order valence-corrected chi connectivity index (χ2v) is 8.14. The van der Waals surface area contributed by atoms with Crippen LogP contribution in [0, 0.1) is 5.92 Å². The lowest BCUT2D eigenvalue weighted by atomic mass is 9.95. The Morgan fingerprint density at radius 2 is 2.04 bits per heavy atom. The van der Waals surface area contributed by atoms with Crippen molar-refractivity contribution in [3.8, 4) is 0 Å². The summed E-state index contributed by atoms with van der Waals surface area (Å²) in [5, 5.41) is 4.52. The van der Waals surface area contributed by atoms with Gasteiger partial charge < -0.3 is 14.5 Å². The molecule has 0 amide bonds. The Morgan fingerprint density at radius 1 is 1.38 bits per heavy atom. The number of rotatable bonds is 2. The van der Waals surface area contributed by atoms with Crippen molar-refractivity contribution in [2.45, 2.75) is 45.4 Å². The molecule has 0 radical (unpaired) electrons. The van der Waals surface area contributed by atoms with E-state index in [1.165, 1.54) is 31.8 Å². The third-order valence-electron chi connectivity index (χ3n) is 4.06. The van der Waals surface area contributed by atoms with Crippen molar-refractivity contribution in [2.75, 3.05) is 20.1 Å². The monoisotopic (exact) mass is 398 g/mol. The first-order valence-electron chi connectivity index (χ1n) is 8.27. The molecule has 0 aromatic heterocycles. The number of fused-ring (bicyclic) bond motifs is 1. The number of nitrogens with one attached hydrogen (secondary N) is 1. The van der Waals surface area contributed by atoms with E-state index in [0.717, 1.165) is 4.48 Å². The lowest BCUT2D eigenvalue weighted by Crippen LogP contribution is -2.42. The average Bonchev–Trinajstić information content (AvgIpc) is 2.90. The molecule has 3 rings (SSSR count). The first kappa shape index (κ1) is 19.0. The van der Waals surface area contributed by atoms with E-state index in [9.17, 15) is 4.79 Å². The molecule has 1 N–H and O–H groups in total. The van der Waals surface area contributed by atoms with E-state index < -0.39 is 0 Å². The number of piperidine rings is 1. The van der Waals surface area contributed by atoms with Gasteiger partial charge in [0.05, 0.1) is 0 Å². The second-order valence-electron chi connectivity index (χ2n) is 7.23. The molecule has 7 heteroatoms. The Labute approximate surface area is 152 Å². The molecule has 24 heavy (non-hydrogen) atoms. The van der Waals surface area contributed by atoms with Crippen LogP contribution in [0.2, 0.25) is 0 Å². The molecule has 1 fully saturated rings. The van der Waals surface area contributed by atoms with Gasteiger partial charge in [-0.2, -0.15) is 5.10 Å². The summed E-state index contributed by atoms with van der Waals surface area (Å²) in [5.41, 5.74) is 2.87. The predicted molar refractivity (Wildman–Crippen MR) is 99.5 cm³/mol. The summed E-state index contributed by atoms with van der Waals surface area (Å²) in [7, 11) is 2.19. The van der Waals surface area contributed by atoms with E-state index in [2.05, 4.69) is 66.4 Å². The zero-order chi connectivity index (χ0) is 17.7.